The van der Waals surface area contributed by atoms with Gasteiger partial charge in [0.2, 0.25) is 0 Å². The molecule has 0 unspecified atom stereocenters. The van der Waals surface area contributed by atoms with Gasteiger partial charge in [0.1, 0.15) is 0 Å². The Bertz CT molecular complexity index is 643. The molecule has 0 aliphatic carbocycles. The van der Waals surface area contributed by atoms with Crippen molar-refractivity contribution in [1.29, 1.82) is 0 Å². The van der Waals surface area contributed by atoms with Crippen molar-refractivity contribution in [2.24, 2.45) is 5.92 Å². The molecule has 1 N–H and O–H groups in total. The molecule has 0 amide bonds. The molecule has 1 aliphatic rings. The molecule has 3 rings (SSSR count). The smallest absolute Gasteiger partial charge is 0.165 e. The molecule has 106 valence electrons. The largest absolute Gasteiger partial charge is 0.316 e. The Labute approximate surface area is 125 Å². The number of fused-ring (bicyclic) bond motifs is 1. The summed E-state index contributed by atoms with van der Waals surface area (Å²) in [6.07, 6.45) is 2.25. The highest BCUT2D eigenvalue weighted by Gasteiger charge is 2.20. The van der Waals surface area contributed by atoms with Gasteiger partial charge in [0.25, 0.3) is 0 Å². The van der Waals surface area contributed by atoms with Gasteiger partial charge in [0.05, 0.1) is 21.8 Å². The Kier molecular flexibility index (Phi) is 4.29. The van der Waals surface area contributed by atoms with Crippen LogP contribution in [0.1, 0.15) is 12.8 Å². The van der Waals surface area contributed by atoms with Gasteiger partial charge < -0.3 is 5.32 Å². The molecule has 1 aromatic heterocycles. The van der Waals surface area contributed by atoms with Crippen LogP contribution in [0, 0.1) is 5.92 Å². The number of aromatic nitrogens is 2. The lowest BCUT2D eigenvalue weighted by Crippen LogP contribution is -2.32. The van der Waals surface area contributed by atoms with Gasteiger partial charge in [-0.2, -0.15) is 0 Å². The minimum atomic E-state index is -1.19. The standard InChI is InChI=1S/C14H16ClN3OS/c15-13-14(18-12-6-2-1-5-11(12)17-13)20(19)9-10-4-3-7-16-8-10/h1-2,5-6,10,16H,3-4,7-9H2/t10-,20-/m0/s1. The van der Waals surface area contributed by atoms with E-state index in [0.29, 0.717) is 16.7 Å². The zero-order valence-electron chi connectivity index (χ0n) is 11.0. The zero-order valence-corrected chi connectivity index (χ0v) is 12.6. The number of hydrogen-bond donors (Lipinski definition) is 1. The van der Waals surface area contributed by atoms with Crippen LogP contribution in [0.2, 0.25) is 5.15 Å². The predicted molar refractivity (Wildman–Crippen MR) is 81.4 cm³/mol. The molecule has 0 saturated carbocycles. The van der Waals surface area contributed by atoms with Gasteiger partial charge in [0, 0.05) is 5.75 Å². The Morgan fingerprint density at radius 1 is 1.30 bits per heavy atom. The molecule has 2 aromatic rings. The fourth-order valence-corrected chi connectivity index (χ4v) is 4.16. The summed E-state index contributed by atoms with van der Waals surface area (Å²) in [5.41, 5.74) is 1.47. The van der Waals surface area contributed by atoms with E-state index in [2.05, 4.69) is 15.3 Å². The van der Waals surface area contributed by atoms with E-state index in [4.69, 9.17) is 11.6 Å². The van der Waals surface area contributed by atoms with Crippen molar-refractivity contribution in [2.75, 3.05) is 18.8 Å². The van der Waals surface area contributed by atoms with E-state index >= 15 is 0 Å². The fraction of sp³-hybridized carbons (Fsp3) is 0.429. The first-order valence-electron chi connectivity index (χ1n) is 6.75. The molecule has 2 atom stereocenters. The topological polar surface area (TPSA) is 54.9 Å². The third-order valence-corrected chi connectivity index (χ3v) is 5.37. The van der Waals surface area contributed by atoms with Gasteiger partial charge in [-0.05, 0) is 44.0 Å². The molecule has 1 aromatic carbocycles. The maximum absolute atomic E-state index is 12.5. The van der Waals surface area contributed by atoms with Crippen LogP contribution in [0.3, 0.4) is 0 Å². The lowest BCUT2D eigenvalue weighted by Gasteiger charge is -2.22. The average Bonchev–Trinajstić information content (AvgIpc) is 2.47. The van der Waals surface area contributed by atoms with Crippen molar-refractivity contribution in [3.05, 3.63) is 29.4 Å². The molecule has 1 fully saturated rings. The SMILES string of the molecule is O=[S@@](C[C@H]1CCCNC1)c1nc2ccccc2nc1Cl. The quantitative estimate of drug-likeness (QED) is 0.946. The normalized spacial score (nSPS) is 20.9. The number of hydrogen-bond acceptors (Lipinski definition) is 4. The monoisotopic (exact) mass is 309 g/mol. The lowest BCUT2D eigenvalue weighted by atomic mass is 10.0. The van der Waals surface area contributed by atoms with Crippen LogP contribution in [0.25, 0.3) is 11.0 Å². The Balaban J connectivity index is 1.84. The molecule has 20 heavy (non-hydrogen) atoms. The summed E-state index contributed by atoms with van der Waals surface area (Å²) in [6, 6.07) is 7.49. The van der Waals surface area contributed by atoms with E-state index in [9.17, 15) is 4.21 Å². The summed E-state index contributed by atoms with van der Waals surface area (Å²) in [5.74, 6) is 1.02. The second-order valence-electron chi connectivity index (χ2n) is 5.03. The van der Waals surface area contributed by atoms with E-state index in [1.807, 2.05) is 24.3 Å². The summed E-state index contributed by atoms with van der Waals surface area (Å²) in [4.78, 5) is 8.71. The van der Waals surface area contributed by atoms with E-state index in [-0.39, 0.29) is 5.15 Å². The van der Waals surface area contributed by atoms with Crippen molar-refractivity contribution in [3.8, 4) is 0 Å². The van der Waals surface area contributed by atoms with Crippen LogP contribution < -0.4 is 5.32 Å². The first kappa shape index (κ1) is 13.9. The van der Waals surface area contributed by atoms with Crippen molar-refractivity contribution < 1.29 is 4.21 Å². The van der Waals surface area contributed by atoms with E-state index in [0.717, 1.165) is 37.0 Å². The lowest BCUT2D eigenvalue weighted by molar-refractivity contribution is 0.408. The van der Waals surface area contributed by atoms with Gasteiger partial charge in [-0.3, -0.25) is 4.21 Å². The van der Waals surface area contributed by atoms with E-state index in [1.54, 1.807) is 0 Å². The average molecular weight is 310 g/mol. The minimum Gasteiger partial charge on any atom is -0.316 e. The highest BCUT2D eigenvalue weighted by Crippen LogP contribution is 2.22. The number of nitrogens with zero attached hydrogens (tertiary/aromatic N) is 2. The Morgan fingerprint density at radius 2 is 2.05 bits per heavy atom. The van der Waals surface area contributed by atoms with Crippen molar-refractivity contribution >= 4 is 33.4 Å². The van der Waals surface area contributed by atoms with Gasteiger partial charge in [-0.1, -0.05) is 23.7 Å². The third kappa shape index (κ3) is 3.00. The molecule has 0 spiro atoms. The van der Waals surface area contributed by atoms with Crippen molar-refractivity contribution in [2.45, 2.75) is 17.9 Å². The first-order chi connectivity index (χ1) is 9.74. The second kappa shape index (κ2) is 6.16. The van der Waals surface area contributed by atoms with Crippen LogP contribution in [-0.4, -0.2) is 33.0 Å². The van der Waals surface area contributed by atoms with Crippen LogP contribution in [0.15, 0.2) is 29.3 Å². The third-order valence-electron chi connectivity index (χ3n) is 3.50. The molecule has 4 nitrogen and oxygen atoms in total. The zero-order chi connectivity index (χ0) is 13.9. The maximum Gasteiger partial charge on any atom is 0.165 e. The molecular formula is C14H16ClN3OS. The molecule has 6 heteroatoms. The number of para-hydroxylation sites is 2. The number of piperidine rings is 1. The summed E-state index contributed by atoms with van der Waals surface area (Å²) in [5, 5.41) is 4.00. The van der Waals surface area contributed by atoms with Crippen LogP contribution in [0.5, 0.6) is 0 Å². The van der Waals surface area contributed by atoms with Crippen LogP contribution >= 0.6 is 11.6 Å². The van der Waals surface area contributed by atoms with Gasteiger partial charge >= 0.3 is 0 Å². The predicted octanol–water partition coefficient (Wildman–Crippen LogP) is 2.39. The second-order valence-corrected chi connectivity index (χ2v) is 6.80. The molecule has 0 bridgehead atoms. The molecule has 1 saturated heterocycles. The van der Waals surface area contributed by atoms with Crippen molar-refractivity contribution in [1.82, 2.24) is 15.3 Å². The summed E-state index contributed by atoms with van der Waals surface area (Å²) in [7, 11) is -1.19. The molecule has 1 aliphatic heterocycles. The Morgan fingerprint density at radius 3 is 2.75 bits per heavy atom. The minimum absolute atomic E-state index is 0.255. The van der Waals surface area contributed by atoms with Gasteiger partial charge in [-0.15, -0.1) is 0 Å². The van der Waals surface area contributed by atoms with Crippen molar-refractivity contribution in [3.63, 3.8) is 0 Å². The number of benzene rings is 1. The maximum atomic E-state index is 12.5. The summed E-state index contributed by atoms with van der Waals surface area (Å²) in [6.45, 7) is 1.98. The molecule has 0 radical (unpaired) electrons. The highest BCUT2D eigenvalue weighted by molar-refractivity contribution is 7.85. The molecular weight excluding hydrogens is 294 g/mol. The number of rotatable bonds is 3. The Hall–Kier alpha value is -1.04. The van der Waals surface area contributed by atoms with Gasteiger partial charge in [0.15, 0.2) is 10.2 Å². The highest BCUT2D eigenvalue weighted by atomic mass is 35.5. The molecule has 2 heterocycles. The number of nitrogens with one attached hydrogen (secondary N) is 1. The fourth-order valence-electron chi connectivity index (χ4n) is 2.47. The first-order valence-corrected chi connectivity index (χ1v) is 8.45. The van der Waals surface area contributed by atoms with Crippen LogP contribution in [0.4, 0.5) is 0 Å². The van der Waals surface area contributed by atoms with Crippen LogP contribution in [-0.2, 0) is 10.8 Å². The number of halogens is 1. The summed E-state index contributed by atoms with van der Waals surface area (Å²) < 4.78 is 12.5. The van der Waals surface area contributed by atoms with E-state index in [1.165, 1.54) is 0 Å². The van der Waals surface area contributed by atoms with Gasteiger partial charge in [-0.25, -0.2) is 9.97 Å². The summed E-state index contributed by atoms with van der Waals surface area (Å²) >= 11 is 6.13. The van der Waals surface area contributed by atoms with E-state index < -0.39 is 10.8 Å².